The van der Waals surface area contributed by atoms with E-state index in [0.29, 0.717) is 0 Å². The summed E-state index contributed by atoms with van der Waals surface area (Å²) in [5.41, 5.74) is 2.55. The van der Waals surface area contributed by atoms with Gasteiger partial charge in [0.2, 0.25) is 0 Å². The van der Waals surface area contributed by atoms with Crippen LogP contribution < -0.4 is 3.32 Å². The molecule has 0 aliphatic heterocycles. The summed E-state index contributed by atoms with van der Waals surface area (Å²) in [6.45, 7) is 8.66. The SMILES string of the molecule is C[C](C)=[Ti]([O]c1cc(C)cc(C)c1)[C]1=CC=CC1.Cl.Cl. The van der Waals surface area contributed by atoms with Crippen LogP contribution >= 0.6 is 24.8 Å². The van der Waals surface area contributed by atoms with Gasteiger partial charge in [0.05, 0.1) is 0 Å². The third-order valence-electron chi connectivity index (χ3n) is 2.93. The van der Waals surface area contributed by atoms with Crippen molar-refractivity contribution in [3.8, 4) is 5.75 Å². The van der Waals surface area contributed by atoms with Crippen molar-refractivity contribution >= 4 is 28.6 Å². The minimum atomic E-state index is -1.71. The van der Waals surface area contributed by atoms with Crippen LogP contribution in [0.5, 0.6) is 5.75 Å². The summed E-state index contributed by atoms with van der Waals surface area (Å²) in [5.74, 6) is 1.04. The molecule has 2 rings (SSSR count). The molecule has 1 aromatic rings. The van der Waals surface area contributed by atoms with E-state index < -0.39 is 17.8 Å². The first-order valence-corrected chi connectivity index (χ1v) is 8.56. The maximum atomic E-state index is 6.34. The molecule has 0 heterocycles. The maximum Gasteiger partial charge on any atom is -0.147 e. The van der Waals surface area contributed by atoms with Gasteiger partial charge in [-0.3, -0.25) is 0 Å². The molecule has 0 unspecified atom stereocenters. The van der Waals surface area contributed by atoms with Gasteiger partial charge in [-0.1, -0.05) is 0 Å². The molecule has 1 aromatic carbocycles. The summed E-state index contributed by atoms with van der Waals surface area (Å²) in [7, 11) is 0. The van der Waals surface area contributed by atoms with Crippen molar-refractivity contribution in [1.29, 1.82) is 0 Å². The zero-order valence-electron chi connectivity index (χ0n) is 12.4. The van der Waals surface area contributed by atoms with Gasteiger partial charge in [0.25, 0.3) is 0 Å². The van der Waals surface area contributed by atoms with Gasteiger partial charge in [-0.15, -0.1) is 24.8 Å². The summed E-state index contributed by atoms with van der Waals surface area (Å²) in [5, 5.41) is 0. The van der Waals surface area contributed by atoms with Crippen molar-refractivity contribution in [2.24, 2.45) is 0 Å². The number of allylic oxidation sites excluding steroid dienone is 4. The minimum Gasteiger partial charge on any atom is -0.147 e. The average Bonchev–Trinajstić information content (AvgIpc) is 2.77. The molecule has 1 aliphatic rings. The smallest absolute Gasteiger partial charge is 0.147 e. The van der Waals surface area contributed by atoms with E-state index in [0.717, 1.165) is 12.2 Å². The zero-order valence-corrected chi connectivity index (χ0v) is 15.6. The van der Waals surface area contributed by atoms with E-state index in [1.165, 1.54) is 18.8 Å². The van der Waals surface area contributed by atoms with Crippen LogP contribution in [0.1, 0.15) is 31.4 Å². The molecule has 0 saturated carbocycles. The molecular weight excluding hydrogens is 327 g/mol. The third-order valence-corrected chi connectivity index (χ3v) is 6.53. The van der Waals surface area contributed by atoms with E-state index in [1.54, 1.807) is 0 Å². The zero-order chi connectivity index (χ0) is 13.1. The fourth-order valence-corrected chi connectivity index (χ4v) is 5.15. The summed E-state index contributed by atoms with van der Waals surface area (Å²) in [6.07, 6.45) is 7.68. The topological polar surface area (TPSA) is 9.23 Å². The van der Waals surface area contributed by atoms with E-state index in [-0.39, 0.29) is 24.8 Å². The van der Waals surface area contributed by atoms with E-state index in [2.05, 4.69) is 64.1 Å². The fourth-order valence-electron chi connectivity index (χ4n) is 2.21. The molecule has 0 atom stereocenters. The Morgan fingerprint density at radius 3 is 2.10 bits per heavy atom. The second-order valence-corrected chi connectivity index (χ2v) is 8.99. The van der Waals surface area contributed by atoms with Crippen LogP contribution in [0, 0.1) is 13.8 Å². The molecule has 4 heteroatoms. The van der Waals surface area contributed by atoms with Gasteiger partial charge in [0.15, 0.2) is 0 Å². The standard InChI is InChI=1S/C8H10O.C5H5.C3H6.2ClH.Ti/c1-6-3-7(2)5-8(9)4-6;1-2-4-5-3-1;1-3-2;;;/h3-5,9H,1-2H3;1-3H,4H2;1-2H3;2*1H;/q;;;;;+1/p-1. The third kappa shape index (κ3) is 5.22. The van der Waals surface area contributed by atoms with E-state index in [9.17, 15) is 0 Å². The Labute approximate surface area is 140 Å². The first kappa shape index (κ1) is 19.7. The molecule has 0 aromatic heterocycles. The first-order chi connectivity index (χ1) is 8.56. The Hall–Kier alpha value is -0.336. The van der Waals surface area contributed by atoms with Crippen LogP contribution in [0.15, 0.2) is 40.3 Å². The molecule has 0 spiro atoms. The van der Waals surface area contributed by atoms with Crippen LogP contribution in [0.4, 0.5) is 0 Å². The molecule has 0 bridgehead atoms. The summed E-state index contributed by atoms with van der Waals surface area (Å²) < 4.78 is 9.31. The second kappa shape index (κ2) is 8.84. The van der Waals surface area contributed by atoms with Crippen molar-refractivity contribution in [3.63, 3.8) is 0 Å². The van der Waals surface area contributed by atoms with Crippen LogP contribution in [0.3, 0.4) is 0 Å². The second-order valence-electron chi connectivity index (χ2n) is 5.08. The fraction of sp³-hybridized carbons (Fsp3) is 0.312. The van der Waals surface area contributed by atoms with E-state index in [4.69, 9.17) is 3.32 Å². The van der Waals surface area contributed by atoms with Gasteiger partial charge in [-0.05, 0) is 0 Å². The predicted molar refractivity (Wildman–Crippen MR) is 89.2 cm³/mol. The molecule has 1 aliphatic carbocycles. The Kier molecular flexibility index (Phi) is 8.69. The number of halogens is 2. The number of aryl methyl sites for hydroxylation is 2. The molecule has 0 radical (unpaired) electrons. The number of rotatable bonds is 3. The maximum absolute atomic E-state index is 6.34. The van der Waals surface area contributed by atoms with Gasteiger partial charge in [-0.2, -0.15) is 0 Å². The Morgan fingerprint density at radius 2 is 1.65 bits per heavy atom. The monoisotopic (exact) mass is 348 g/mol. The van der Waals surface area contributed by atoms with Crippen LogP contribution in [-0.4, -0.2) is 3.81 Å². The van der Waals surface area contributed by atoms with Gasteiger partial charge in [0.1, 0.15) is 0 Å². The van der Waals surface area contributed by atoms with Gasteiger partial charge in [-0.25, -0.2) is 0 Å². The van der Waals surface area contributed by atoms with Crippen molar-refractivity contribution in [1.82, 2.24) is 0 Å². The van der Waals surface area contributed by atoms with Crippen LogP contribution in [0.25, 0.3) is 0 Å². The number of hydrogen-bond acceptors (Lipinski definition) is 1. The Balaban J connectivity index is 0.00000180. The first-order valence-electron chi connectivity index (χ1n) is 6.36. The average molecular weight is 349 g/mol. The van der Waals surface area contributed by atoms with Crippen molar-refractivity contribution in [3.05, 3.63) is 51.4 Å². The Morgan fingerprint density at radius 1 is 1.05 bits per heavy atom. The van der Waals surface area contributed by atoms with Gasteiger partial charge < -0.3 is 0 Å². The molecule has 0 saturated heterocycles. The largest absolute Gasteiger partial charge is 0.147 e. The van der Waals surface area contributed by atoms with Crippen molar-refractivity contribution in [2.75, 3.05) is 0 Å². The van der Waals surface area contributed by atoms with Crippen LogP contribution in [-0.2, 0) is 17.8 Å². The van der Waals surface area contributed by atoms with Gasteiger partial charge in [0, 0.05) is 0 Å². The van der Waals surface area contributed by atoms with Gasteiger partial charge >= 0.3 is 116 Å². The van der Waals surface area contributed by atoms with Crippen LogP contribution in [0.2, 0.25) is 0 Å². The summed E-state index contributed by atoms with van der Waals surface area (Å²) >= 11 is -1.71. The molecule has 20 heavy (non-hydrogen) atoms. The van der Waals surface area contributed by atoms with Crippen molar-refractivity contribution in [2.45, 2.75) is 34.1 Å². The summed E-state index contributed by atoms with van der Waals surface area (Å²) in [6, 6.07) is 6.48. The molecule has 0 fully saturated rings. The normalized spacial score (nSPS) is 12.1. The molecule has 0 N–H and O–H groups in total. The van der Waals surface area contributed by atoms with Crippen molar-refractivity contribution < 1.29 is 21.1 Å². The number of hydrogen-bond donors (Lipinski definition) is 0. The molecular formula is C16H22Cl2OTi. The molecule has 1 nitrogen and oxygen atoms in total. The number of benzene rings is 1. The Bertz CT molecular complexity index is 535. The molecule has 110 valence electrons. The molecule has 0 amide bonds. The van der Waals surface area contributed by atoms with E-state index in [1.807, 2.05) is 0 Å². The predicted octanol–water partition coefficient (Wildman–Crippen LogP) is 5.12. The quantitative estimate of drug-likeness (QED) is 0.689. The summed E-state index contributed by atoms with van der Waals surface area (Å²) in [4.78, 5) is 0. The minimum absolute atomic E-state index is 0. The van der Waals surface area contributed by atoms with E-state index >= 15 is 0 Å².